The minimum Gasteiger partial charge on any atom is -0.497 e. The highest BCUT2D eigenvalue weighted by Crippen LogP contribution is 2.36. The molecular weight excluding hydrogens is 783 g/mol. The molecule has 0 bridgehead atoms. The number of rotatable bonds is 6. The molecule has 1 unspecified atom stereocenters. The van der Waals surface area contributed by atoms with Gasteiger partial charge in [-0.15, -0.1) is 0 Å². The van der Waals surface area contributed by atoms with E-state index in [1.165, 1.54) is 28.1 Å². The van der Waals surface area contributed by atoms with Crippen molar-refractivity contribution in [1.29, 1.82) is 0 Å². The maximum atomic E-state index is 14.5. The van der Waals surface area contributed by atoms with E-state index < -0.39 is 58.8 Å². The zero-order valence-electron chi connectivity index (χ0n) is 30.1. The van der Waals surface area contributed by atoms with E-state index in [2.05, 4.69) is 30.2 Å². The van der Waals surface area contributed by atoms with Gasteiger partial charge in [0.1, 0.15) is 40.1 Å². The average molecular weight is 811 g/mol. The highest BCUT2D eigenvalue weighted by Gasteiger charge is 2.32. The monoisotopic (exact) mass is 810 g/mol. The zero-order chi connectivity index (χ0) is 41.6. The van der Waals surface area contributed by atoms with Crippen molar-refractivity contribution in [2.45, 2.75) is 26.3 Å². The second kappa shape index (κ2) is 15.1. The highest BCUT2D eigenvalue weighted by atomic mass is 19.4. The summed E-state index contributed by atoms with van der Waals surface area (Å²) in [6, 6.07) is 14.3. The number of hydrogen-bond donors (Lipinski definition) is 2. The van der Waals surface area contributed by atoms with Gasteiger partial charge in [-0.05, 0) is 62.4 Å². The summed E-state index contributed by atoms with van der Waals surface area (Å²) in [5.41, 5.74) is 5.59. The Morgan fingerprint density at radius 1 is 0.776 bits per heavy atom. The Kier molecular flexibility index (Phi) is 10.2. The summed E-state index contributed by atoms with van der Waals surface area (Å²) in [7, 11) is 1.53. The summed E-state index contributed by atoms with van der Waals surface area (Å²) in [5.74, 6) is -4.44. The molecule has 3 aromatic heterocycles. The van der Waals surface area contributed by atoms with Gasteiger partial charge in [0.2, 0.25) is 18.1 Å². The van der Waals surface area contributed by atoms with Crippen LogP contribution in [0.25, 0.3) is 28.0 Å². The molecule has 3 N–H and O–H groups in total. The van der Waals surface area contributed by atoms with Gasteiger partial charge in [-0.1, -0.05) is 0 Å². The molecule has 0 saturated heterocycles. The van der Waals surface area contributed by atoms with E-state index in [-0.39, 0.29) is 51.2 Å². The van der Waals surface area contributed by atoms with Crippen LogP contribution in [0, 0.1) is 42.9 Å². The summed E-state index contributed by atoms with van der Waals surface area (Å²) >= 11 is 0. The number of nitrogens with one attached hydrogen (secondary N) is 1. The number of allylic oxidation sites excluding steroid dienone is 1. The number of ether oxygens (including phenoxy) is 1. The van der Waals surface area contributed by atoms with Crippen LogP contribution in [0.5, 0.6) is 5.75 Å². The zero-order valence-corrected chi connectivity index (χ0v) is 30.1. The van der Waals surface area contributed by atoms with Gasteiger partial charge in [0.25, 0.3) is 0 Å². The van der Waals surface area contributed by atoms with Crippen molar-refractivity contribution in [3.8, 4) is 11.7 Å². The number of aryl methyl sites for hydroxylation is 2. The number of nitrogen functional groups attached to an aromatic ring is 1. The lowest BCUT2D eigenvalue weighted by atomic mass is 10.2. The van der Waals surface area contributed by atoms with Gasteiger partial charge < -0.3 is 20.7 Å². The maximum Gasteiger partial charge on any atom is 0.416 e. The SMILES string of the molecule is COc1ccc(Nc2nc(-n3c(C)nc4c(F)cc(F)cc43)nc(N)c2F)cc1.Cc1nc2cc(F)cc(F)c2n1C1N=CC(F)=CN1c1ccc(C(F)(F)F)cc1. The summed E-state index contributed by atoms with van der Waals surface area (Å²) in [6.45, 7) is 3.10. The molecule has 0 spiro atoms. The Balaban J connectivity index is 0.000000177. The van der Waals surface area contributed by atoms with Crippen LogP contribution in [0.4, 0.5) is 62.5 Å². The van der Waals surface area contributed by atoms with Crippen molar-refractivity contribution in [3.05, 3.63) is 131 Å². The molecule has 1 aliphatic heterocycles. The normalized spacial score (nSPS) is 14.1. The topological polar surface area (TPSA) is 124 Å². The van der Waals surface area contributed by atoms with Gasteiger partial charge in [-0.3, -0.25) is 9.13 Å². The predicted molar refractivity (Wildman–Crippen MR) is 197 cm³/mol. The Labute approximate surface area is 321 Å². The molecule has 0 amide bonds. The summed E-state index contributed by atoms with van der Waals surface area (Å²) in [4.78, 5) is 21.6. The fourth-order valence-electron chi connectivity index (χ4n) is 6.13. The van der Waals surface area contributed by atoms with Crippen LogP contribution < -0.4 is 20.7 Å². The van der Waals surface area contributed by atoms with E-state index in [1.54, 1.807) is 31.2 Å². The van der Waals surface area contributed by atoms with Gasteiger partial charge in [0.05, 0.1) is 29.9 Å². The molecule has 11 nitrogen and oxygen atoms in total. The van der Waals surface area contributed by atoms with Crippen molar-refractivity contribution in [2.24, 2.45) is 4.99 Å². The lowest BCUT2D eigenvalue weighted by Crippen LogP contribution is -2.30. The van der Waals surface area contributed by atoms with E-state index >= 15 is 0 Å². The molecule has 0 aliphatic carbocycles. The quantitative estimate of drug-likeness (QED) is 0.159. The molecule has 1 atom stereocenters. The molecule has 1 aliphatic rings. The minimum atomic E-state index is -4.52. The molecule has 8 rings (SSSR count). The van der Waals surface area contributed by atoms with Crippen molar-refractivity contribution in [3.63, 3.8) is 0 Å². The fraction of sp³-hybridized carbons (Fsp3) is 0.132. The highest BCUT2D eigenvalue weighted by molar-refractivity contribution is 5.81. The Morgan fingerprint density at radius 3 is 2.12 bits per heavy atom. The smallest absolute Gasteiger partial charge is 0.416 e. The van der Waals surface area contributed by atoms with Crippen molar-refractivity contribution < 1.29 is 44.3 Å². The van der Waals surface area contributed by atoms with Crippen LogP contribution in [0.15, 0.2) is 89.8 Å². The minimum absolute atomic E-state index is 0.0394. The average Bonchev–Trinajstić information content (AvgIpc) is 3.69. The maximum absolute atomic E-state index is 14.5. The third-order valence-electron chi connectivity index (χ3n) is 8.71. The van der Waals surface area contributed by atoms with Crippen LogP contribution in [0.1, 0.15) is 23.5 Å². The Hall–Kier alpha value is -7.12. The largest absolute Gasteiger partial charge is 0.497 e. The number of imidazole rings is 2. The first-order chi connectivity index (χ1) is 27.5. The second-order valence-electron chi connectivity index (χ2n) is 12.5. The molecule has 0 radical (unpaired) electrons. The summed E-state index contributed by atoms with van der Waals surface area (Å²) < 4.78 is 130. The van der Waals surface area contributed by atoms with Gasteiger partial charge in [-0.25, -0.2) is 36.9 Å². The van der Waals surface area contributed by atoms with Crippen LogP contribution in [-0.4, -0.2) is 42.4 Å². The number of benzene rings is 4. The number of methoxy groups -OCH3 is 1. The molecule has 298 valence electrons. The number of aliphatic imine (C=N–C) groups is 1. The number of alkyl halides is 3. The number of nitrogens with zero attached hydrogens (tertiary/aromatic N) is 8. The van der Waals surface area contributed by atoms with Crippen molar-refractivity contribution >= 4 is 51.3 Å². The second-order valence-corrected chi connectivity index (χ2v) is 12.5. The third-order valence-corrected chi connectivity index (χ3v) is 8.71. The van der Waals surface area contributed by atoms with Gasteiger partial charge in [-0.2, -0.15) is 27.5 Å². The molecule has 4 aromatic carbocycles. The molecule has 4 heterocycles. The molecule has 58 heavy (non-hydrogen) atoms. The number of fused-ring (bicyclic) bond motifs is 2. The van der Waals surface area contributed by atoms with Crippen molar-refractivity contribution in [1.82, 2.24) is 29.1 Å². The molecule has 0 fully saturated rings. The van der Waals surface area contributed by atoms with Crippen LogP contribution in [0.2, 0.25) is 0 Å². The first kappa shape index (κ1) is 39.1. The number of aromatic nitrogens is 6. The van der Waals surface area contributed by atoms with Gasteiger partial charge >= 0.3 is 6.18 Å². The van der Waals surface area contributed by atoms with Crippen LogP contribution in [-0.2, 0) is 6.18 Å². The van der Waals surface area contributed by atoms with Crippen molar-refractivity contribution in [2.75, 3.05) is 23.1 Å². The lowest BCUT2D eigenvalue weighted by Gasteiger charge is -2.32. The Bertz CT molecular complexity index is 2750. The van der Waals surface area contributed by atoms with E-state index in [1.807, 2.05) is 0 Å². The molecule has 20 heteroatoms. The summed E-state index contributed by atoms with van der Waals surface area (Å²) in [6.07, 6.45) is -3.65. The number of nitrogens with two attached hydrogens (primary N) is 1. The predicted octanol–water partition coefficient (Wildman–Crippen LogP) is 9.38. The lowest BCUT2D eigenvalue weighted by molar-refractivity contribution is -0.137. The van der Waals surface area contributed by atoms with Crippen LogP contribution >= 0.6 is 0 Å². The fourth-order valence-corrected chi connectivity index (χ4v) is 6.13. The van der Waals surface area contributed by atoms with Gasteiger partial charge in [0.15, 0.2) is 29.1 Å². The number of anilines is 4. The number of hydrogen-bond acceptors (Lipinski definition) is 9. The third kappa shape index (κ3) is 7.54. The molecule has 0 saturated carbocycles. The summed E-state index contributed by atoms with van der Waals surface area (Å²) in [5, 5.41) is 2.81. The Morgan fingerprint density at radius 2 is 1.45 bits per heavy atom. The van der Waals surface area contributed by atoms with Gasteiger partial charge in [0, 0.05) is 41.8 Å². The van der Waals surface area contributed by atoms with E-state index in [0.717, 1.165) is 54.9 Å². The first-order valence-electron chi connectivity index (χ1n) is 16.8. The molecule has 7 aromatic rings. The first-order valence-corrected chi connectivity index (χ1v) is 16.8. The standard InChI is InChI=1S/C19H12F6N4.C19H15F3N6O/c1-10-27-16-7-12(20)6-15(22)17(16)29(10)18-26-8-13(21)9-28(18)14-4-2-11(3-5-14)19(23,24)25;1-9-24-16-13(21)7-10(20)8-14(16)28(9)19-26-17(23)15(22)18(27-19)25-11-3-5-12(29-2)6-4-11/h2-9,18H,1H3;3-8H,1-2H3,(H3,23,25,26,27). The van der Waals surface area contributed by atoms with Crippen LogP contribution in [0.3, 0.4) is 0 Å². The van der Waals surface area contributed by atoms with E-state index in [0.29, 0.717) is 17.5 Å². The van der Waals surface area contributed by atoms with E-state index in [4.69, 9.17) is 10.5 Å². The number of halogens is 9. The molecular formula is C38H27F9N10O. The van der Waals surface area contributed by atoms with E-state index in [9.17, 15) is 39.5 Å².